The van der Waals surface area contributed by atoms with Gasteiger partial charge in [-0.2, -0.15) is 5.10 Å². The summed E-state index contributed by atoms with van der Waals surface area (Å²) in [5, 5.41) is 14.3. The molecule has 2 aromatic rings. The maximum atomic E-state index is 11.9. The highest BCUT2D eigenvalue weighted by Gasteiger charge is 2.10. The van der Waals surface area contributed by atoms with E-state index in [9.17, 15) is 9.90 Å². The van der Waals surface area contributed by atoms with Crippen LogP contribution in [0, 0.1) is 13.8 Å². The summed E-state index contributed by atoms with van der Waals surface area (Å²) in [6.45, 7) is 3.76. The molecular weight excluding hydrogens is 356 g/mol. The molecule has 0 radical (unpaired) electrons. The maximum Gasteiger partial charge on any atom is 0.250 e. The number of aromatic nitrogens is 2. The number of carbonyl (C=O) groups is 1. The predicted molar refractivity (Wildman–Crippen MR) is 99.2 cm³/mol. The van der Waals surface area contributed by atoms with Gasteiger partial charge >= 0.3 is 0 Å². The predicted octanol–water partition coefficient (Wildman–Crippen LogP) is 2.06. The summed E-state index contributed by atoms with van der Waals surface area (Å²) in [6, 6.07) is 5.02. The molecule has 0 fully saturated rings. The van der Waals surface area contributed by atoms with Gasteiger partial charge in [0.05, 0.1) is 26.2 Å². The van der Waals surface area contributed by atoms with Crippen LogP contribution in [0.1, 0.15) is 17.0 Å². The molecule has 0 spiro atoms. The van der Waals surface area contributed by atoms with E-state index in [1.54, 1.807) is 12.1 Å². The number of hydrogen-bond donors (Lipinski definition) is 2. The van der Waals surface area contributed by atoms with Crippen LogP contribution in [0.25, 0.3) is 0 Å². The number of ether oxygens (including phenoxy) is 2. The molecule has 1 aromatic heterocycles. The molecule has 2 rings (SSSR count). The van der Waals surface area contributed by atoms with Crippen LogP contribution in [0.4, 0.5) is 0 Å². The van der Waals surface area contributed by atoms with Crippen molar-refractivity contribution in [3.8, 4) is 17.2 Å². The Morgan fingerprint density at radius 1 is 1.19 bits per heavy atom. The second-order valence-corrected chi connectivity index (χ2v) is 6.23. The normalized spacial score (nSPS) is 10.8. The van der Waals surface area contributed by atoms with Gasteiger partial charge in [-0.25, -0.2) is 15.4 Å². The summed E-state index contributed by atoms with van der Waals surface area (Å²) in [6.07, 6.45) is 1.43. The van der Waals surface area contributed by atoms with Crippen LogP contribution in [0.2, 0.25) is 0 Å². The molecule has 0 bridgehead atoms. The molecule has 1 aromatic carbocycles. The Morgan fingerprint density at radius 3 is 2.31 bits per heavy atom. The summed E-state index contributed by atoms with van der Waals surface area (Å²) in [5.74, 6) is 0.259. The molecule has 0 aliphatic heterocycles. The van der Waals surface area contributed by atoms with E-state index < -0.39 is 0 Å². The highest BCUT2D eigenvalue weighted by Crippen LogP contribution is 2.36. The van der Waals surface area contributed by atoms with Crippen molar-refractivity contribution in [1.29, 1.82) is 0 Å². The topological polar surface area (TPSA) is 106 Å². The number of carbonyl (C=O) groups excluding carboxylic acids is 1. The molecule has 0 aliphatic rings. The lowest BCUT2D eigenvalue weighted by Gasteiger charge is -2.09. The number of amides is 1. The second-order valence-electron chi connectivity index (χ2n) is 5.29. The van der Waals surface area contributed by atoms with Gasteiger partial charge in [-0.3, -0.25) is 4.79 Å². The Bertz CT molecular complexity index is 781. The SMILES string of the molecule is COc1cc(/C=N/NC(=O)CSc2nc(C)cc(C)n2)cc(OC)c1O. The summed E-state index contributed by atoms with van der Waals surface area (Å²) in [7, 11) is 2.87. The Kier molecular flexibility index (Phi) is 6.79. The first-order valence-electron chi connectivity index (χ1n) is 7.65. The van der Waals surface area contributed by atoms with E-state index in [0.29, 0.717) is 10.7 Å². The third kappa shape index (κ3) is 5.35. The Hall–Kier alpha value is -2.81. The number of rotatable bonds is 7. The van der Waals surface area contributed by atoms with Gasteiger partial charge in [-0.1, -0.05) is 11.8 Å². The zero-order valence-electron chi connectivity index (χ0n) is 14.9. The third-order valence-electron chi connectivity index (χ3n) is 3.20. The van der Waals surface area contributed by atoms with Crippen LogP contribution in [0.5, 0.6) is 17.2 Å². The average Bonchev–Trinajstić information content (AvgIpc) is 2.60. The van der Waals surface area contributed by atoms with Gasteiger partial charge in [0.2, 0.25) is 5.75 Å². The summed E-state index contributed by atoms with van der Waals surface area (Å²) < 4.78 is 10.1. The number of methoxy groups -OCH3 is 2. The van der Waals surface area contributed by atoms with Crippen molar-refractivity contribution in [3.63, 3.8) is 0 Å². The fraction of sp³-hybridized carbons (Fsp3) is 0.294. The second kappa shape index (κ2) is 9.04. The van der Waals surface area contributed by atoms with E-state index in [4.69, 9.17) is 9.47 Å². The quantitative estimate of drug-likeness (QED) is 0.330. The highest BCUT2D eigenvalue weighted by molar-refractivity contribution is 7.99. The molecule has 1 heterocycles. The zero-order valence-corrected chi connectivity index (χ0v) is 15.8. The van der Waals surface area contributed by atoms with Crippen molar-refractivity contribution >= 4 is 23.9 Å². The minimum Gasteiger partial charge on any atom is -0.502 e. The molecular formula is C17H20N4O4S. The lowest BCUT2D eigenvalue weighted by Crippen LogP contribution is -2.19. The van der Waals surface area contributed by atoms with Crippen LogP contribution in [-0.4, -0.2) is 47.2 Å². The lowest BCUT2D eigenvalue weighted by atomic mass is 10.2. The van der Waals surface area contributed by atoms with Gasteiger partial charge < -0.3 is 14.6 Å². The third-order valence-corrected chi connectivity index (χ3v) is 4.05. The van der Waals surface area contributed by atoms with Crippen molar-refractivity contribution in [1.82, 2.24) is 15.4 Å². The van der Waals surface area contributed by atoms with Gasteiger partial charge in [0.25, 0.3) is 5.91 Å². The number of phenolic OH excluding ortho intramolecular Hbond substituents is 1. The minimum atomic E-state index is -0.285. The molecule has 8 nitrogen and oxygen atoms in total. The number of nitrogens with zero attached hydrogens (tertiary/aromatic N) is 3. The molecule has 0 saturated heterocycles. The van der Waals surface area contributed by atoms with Gasteiger partial charge in [-0.15, -0.1) is 0 Å². The number of thioether (sulfide) groups is 1. The van der Waals surface area contributed by atoms with E-state index in [-0.39, 0.29) is 28.9 Å². The van der Waals surface area contributed by atoms with Crippen molar-refractivity contribution in [3.05, 3.63) is 35.2 Å². The molecule has 0 saturated carbocycles. The van der Waals surface area contributed by atoms with Crippen molar-refractivity contribution in [2.45, 2.75) is 19.0 Å². The molecule has 26 heavy (non-hydrogen) atoms. The monoisotopic (exact) mass is 376 g/mol. The summed E-state index contributed by atoms with van der Waals surface area (Å²) in [5.41, 5.74) is 4.74. The van der Waals surface area contributed by atoms with Gasteiger partial charge in [0.1, 0.15) is 0 Å². The van der Waals surface area contributed by atoms with Gasteiger partial charge in [0, 0.05) is 17.0 Å². The standard InChI is InChI=1S/C17H20N4O4S/c1-10-5-11(2)20-17(19-10)26-9-15(22)21-18-8-12-6-13(24-3)16(23)14(7-12)25-4/h5-8,23H,9H2,1-4H3,(H,21,22)/b18-8+. The average molecular weight is 376 g/mol. The number of hydrogen-bond acceptors (Lipinski definition) is 8. The lowest BCUT2D eigenvalue weighted by molar-refractivity contribution is -0.118. The largest absolute Gasteiger partial charge is 0.502 e. The van der Waals surface area contributed by atoms with E-state index in [0.717, 1.165) is 11.4 Å². The maximum absolute atomic E-state index is 11.9. The van der Waals surface area contributed by atoms with E-state index in [1.807, 2.05) is 19.9 Å². The number of aromatic hydroxyl groups is 1. The smallest absolute Gasteiger partial charge is 0.250 e. The molecule has 138 valence electrons. The van der Waals surface area contributed by atoms with Crippen LogP contribution in [-0.2, 0) is 4.79 Å². The zero-order chi connectivity index (χ0) is 19.1. The van der Waals surface area contributed by atoms with E-state index >= 15 is 0 Å². The van der Waals surface area contributed by atoms with Crippen LogP contribution in [0.3, 0.4) is 0 Å². The minimum absolute atomic E-state index is 0.0963. The molecule has 0 atom stereocenters. The first-order chi connectivity index (χ1) is 12.4. The van der Waals surface area contributed by atoms with E-state index in [1.165, 1.54) is 32.2 Å². The molecule has 2 N–H and O–H groups in total. The Morgan fingerprint density at radius 2 is 1.77 bits per heavy atom. The molecule has 0 unspecified atom stereocenters. The number of aryl methyl sites for hydroxylation is 2. The van der Waals surface area contributed by atoms with Crippen LogP contribution >= 0.6 is 11.8 Å². The number of nitrogens with one attached hydrogen (secondary N) is 1. The van der Waals surface area contributed by atoms with Crippen molar-refractivity contribution < 1.29 is 19.4 Å². The highest BCUT2D eigenvalue weighted by atomic mass is 32.2. The van der Waals surface area contributed by atoms with E-state index in [2.05, 4.69) is 20.5 Å². The molecule has 1 amide bonds. The Labute approximate surface area is 155 Å². The van der Waals surface area contributed by atoms with Crippen molar-refractivity contribution in [2.24, 2.45) is 5.10 Å². The van der Waals surface area contributed by atoms with Crippen LogP contribution < -0.4 is 14.9 Å². The van der Waals surface area contributed by atoms with Crippen molar-refractivity contribution in [2.75, 3.05) is 20.0 Å². The fourth-order valence-electron chi connectivity index (χ4n) is 2.09. The summed E-state index contributed by atoms with van der Waals surface area (Å²) in [4.78, 5) is 20.4. The first kappa shape index (κ1) is 19.5. The summed E-state index contributed by atoms with van der Waals surface area (Å²) >= 11 is 1.24. The Balaban J connectivity index is 1.94. The first-order valence-corrected chi connectivity index (χ1v) is 8.63. The number of phenols is 1. The van der Waals surface area contributed by atoms with Gasteiger partial charge in [0.15, 0.2) is 16.7 Å². The molecule has 0 aliphatic carbocycles. The molecule has 9 heteroatoms. The number of benzene rings is 1. The van der Waals surface area contributed by atoms with Gasteiger partial charge in [-0.05, 0) is 32.0 Å². The number of hydrazone groups is 1. The fourth-order valence-corrected chi connectivity index (χ4v) is 2.83. The van der Waals surface area contributed by atoms with Crippen LogP contribution in [0.15, 0.2) is 28.5 Å².